The average Bonchev–Trinajstić information content (AvgIpc) is 2.62. The van der Waals surface area contributed by atoms with Crippen molar-refractivity contribution in [1.82, 2.24) is 0 Å². The number of esters is 1. The first-order valence-corrected chi connectivity index (χ1v) is 8.85. The van der Waals surface area contributed by atoms with Gasteiger partial charge in [-0.05, 0) is 49.7 Å². The Labute approximate surface area is 160 Å². The van der Waals surface area contributed by atoms with Gasteiger partial charge in [-0.15, -0.1) is 0 Å². The van der Waals surface area contributed by atoms with Crippen LogP contribution in [-0.2, 0) is 14.3 Å². The molecule has 0 aliphatic carbocycles. The highest BCUT2D eigenvalue weighted by Gasteiger charge is 2.11. The Morgan fingerprint density at radius 2 is 1.73 bits per heavy atom. The van der Waals surface area contributed by atoms with Crippen LogP contribution in [0, 0.1) is 6.92 Å². The van der Waals surface area contributed by atoms with E-state index in [2.05, 4.69) is 21.2 Å². The van der Waals surface area contributed by atoms with E-state index in [1.807, 2.05) is 32.0 Å². The Hall–Kier alpha value is -2.54. The maximum atomic E-state index is 11.9. The summed E-state index contributed by atoms with van der Waals surface area (Å²) in [5.41, 5.74) is 1.62. The van der Waals surface area contributed by atoms with E-state index >= 15 is 0 Å². The molecule has 0 bridgehead atoms. The van der Waals surface area contributed by atoms with Gasteiger partial charge >= 0.3 is 5.97 Å². The summed E-state index contributed by atoms with van der Waals surface area (Å²) < 4.78 is 16.7. The van der Waals surface area contributed by atoms with Crippen LogP contribution in [0.4, 0.5) is 5.69 Å². The van der Waals surface area contributed by atoms with Gasteiger partial charge in [-0.3, -0.25) is 4.79 Å². The molecule has 0 atom stereocenters. The minimum absolute atomic E-state index is 0.311. The molecule has 1 N–H and O–H groups in total. The molecule has 2 rings (SSSR count). The number of aryl methyl sites for hydroxylation is 1. The SMILES string of the molecule is CCOc1ccccc1OCC(=O)OCC(=O)Nc1ccc(Br)c(C)c1. The lowest BCUT2D eigenvalue weighted by molar-refractivity contribution is -0.149. The number of ether oxygens (including phenoxy) is 3. The van der Waals surface area contributed by atoms with Gasteiger partial charge in [-0.25, -0.2) is 4.79 Å². The molecule has 0 radical (unpaired) electrons. The number of halogens is 1. The van der Waals surface area contributed by atoms with Gasteiger partial charge in [0, 0.05) is 10.2 Å². The zero-order valence-electron chi connectivity index (χ0n) is 14.6. The van der Waals surface area contributed by atoms with E-state index in [0.29, 0.717) is 23.8 Å². The lowest BCUT2D eigenvalue weighted by atomic mass is 10.2. The lowest BCUT2D eigenvalue weighted by Gasteiger charge is -2.11. The zero-order chi connectivity index (χ0) is 18.9. The van der Waals surface area contributed by atoms with Gasteiger partial charge < -0.3 is 19.5 Å². The second kappa shape index (κ2) is 9.82. The first kappa shape index (κ1) is 19.8. The molecule has 0 unspecified atom stereocenters. The van der Waals surface area contributed by atoms with Crippen molar-refractivity contribution >= 4 is 33.5 Å². The van der Waals surface area contributed by atoms with Crippen molar-refractivity contribution in [2.45, 2.75) is 13.8 Å². The summed E-state index contributed by atoms with van der Waals surface area (Å²) in [6.45, 7) is 3.56. The van der Waals surface area contributed by atoms with Gasteiger partial charge in [0.2, 0.25) is 0 Å². The van der Waals surface area contributed by atoms with Gasteiger partial charge in [0.1, 0.15) is 0 Å². The van der Waals surface area contributed by atoms with Crippen LogP contribution in [0.1, 0.15) is 12.5 Å². The first-order valence-electron chi connectivity index (χ1n) is 8.06. The third-order valence-corrected chi connectivity index (χ3v) is 4.19. The molecule has 2 aromatic carbocycles. The van der Waals surface area contributed by atoms with Crippen molar-refractivity contribution in [3.63, 3.8) is 0 Å². The molecule has 26 heavy (non-hydrogen) atoms. The molecule has 2 aromatic rings. The van der Waals surface area contributed by atoms with Crippen LogP contribution < -0.4 is 14.8 Å². The summed E-state index contributed by atoms with van der Waals surface area (Å²) in [4.78, 5) is 23.6. The zero-order valence-corrected chi connectivity index (χ0v) is 16.2. The van der Waals surface area contributed by atoms with E-state index in [4.69, 9.17) is 14.2 Å². The molecule has 7 heteroatoms. The minimum Gasteiger partial charge on any atom is -0.490 e. The molecule has 6 nitrogen and oxygen atoms in total. The van der Waals surface area contributed by atoms with E-state index in [1.165, 1.54) is 0 Å². The van der Waals surface area contributed by atoms with E-state index in [9.17, 15) is 9.59 Å². The second-order valence-corrected chi connectivity index (χ2v) is 6.20. The number of anilines is 1. The highest BCUT2D eigenvalue weighted by Crippen LogP contribution is 2.26. The van der Waals surface area contributed by atoms with E-state index in [1.54, 1.807) is 24.3 Å². The summed E-state index contributed by atoms with van der Waals surface area (Å²) in [7, 11) is 0. The normalized spacial score (nSPS) is 10.1. The molecule has 0 fully saturated rings. The third-order valence-electron chi connectivity index (χ3n) is 3.30. The monoisotopic (exact) mass is 421 g/mol. The number of rotatable bonds is 8. The first-order chi connectivity index (χ1) is 12.5. The van der Waals surface area contributed by atoms with Gasteiger partial charge in [-0.1, -0.05) is 28.1 Å². The fourth-order valence-electron chi connectivity index (χ4n) is 2.09. The summed E-state index contributed by atoms with van der Waals surface area (Å²) in [5.74, 6) is -0.0690. The summed E-state index contributed by atoms with van der Waals surface area (Å²) in [6, 6.07) is 12.4. The van der Waals surface area contributed by atoms with Crippen LogP contribution in [-0.4, -0.2) is 31.7 Å². The van der Waals surface area contributed by atoms with Crippen LogP contribution >= 0.6 is 15.9 Å². The van der Waals surface area contributed by atoms with Crippen molar-refractivity contribution < 1.29 is 23.8 Å². The predicted octanol–water partition coefficient (Wildman–Crippen LogP) is 3.72. The van der Waals surface area contributed by atoms with Crippen molar-refractivity contribution in [1.29, 1.82) is 0 Å². The molecule has 0 aliphatic rings. The number of para-hydroxylation sites is 2. The van der Waals surface area contributed by atoms with Crippen molar-refractivity contribution in [3.8, 4) is 11.5 Å². The van der Waals surface area contributed by atoms with E-state index in [0.717, 1.165) is 10.0 Å². The summed E-state index contributed by atoms with van der Waals surface area (Å²) in [5, 5.41) is 2.67. The Kier molecular flexibility index (Phi) is 7.47. The Morgan fingerprint density at radius 3 is 2.38 bits per heavy atom. The molecule has 0 spiro atoms. The highest BCUT2D eigenvalue weighted by atomic mass is 79.9. The largest absolute Gasteiger partial charge is 0.490 e. The molecule has 0 saturated carbocycles. The molecule has 0 heterocycles. The summed E-state index contributed by atoms with van der Waals surface area (Å²) >= 11 is 3.39. The number of amides is 1. The van der Waals surface area contributed by atoms with Crippen molar-refractivity contribution in [2.24, 2.45) is 0 Å². The van der Waals surface area contributed by atoms with Crippen LogP contribution in [0.15, 0.2) is 46.9 Å². The van der Waals surface area contributed by atoms with Gasteiger partial charge in [0.15, 0.2) is 24.7 Å². The molecular formula is C19H20BrNO5. The molecule has 138 valence electrons. The van der Waals surface area contributed by atoms with Crippen molar-refractivity contribution in [2.75, 3.05) is 25.1 Å². The number of benzene rings is 2. The molecule has 0 aromatic heterocycles. The average molecular weight is 422 g/mol. The van der Waals surface area contributed by atoms with Crippen LogP contribution in [0.3, 0.4) is 0 Å². The fraction of sp³-hybridized carbons (Fsp3) is 0.263. The quantitative estimate of drug-likeness (QED) is 0.657. The Morgan fingerprint density at radius 1 is 1.04 bits per heavy atom. The molecule has 0 saturated heterocycles. The maximum Gasteiger partial charge on any atom is 0.344 e. The number of hydrogen-bond donors (Lipinski definition) is 1. The molecule has 1 amide bonds. The smallest absolute Gasteiger partial charge is 0.344 e. The third kappa shape index (κ3) is 6.07. The van der Waals surface area contributed by atoms with E-state index < -0.39 is 11.9 Å². The van der Waals surface area contributed by atoms with Crippen molar-refractivity contribution in [3.05, 3.63) is 52.5 Å². The maximum absolute atomic E-state index is 11.9. The fourth-order valence-corrected chi connectivity index (χ4v) is 2.33. The van der Waals surface area contributed by atoms with E-state index in [-0.39, 0.29) is 13.2 Å². The minimum atomic E-state index is -0.640. The van der Waals surface area contributed by atoms with Gasteiger partial charge in [0.05, 0.1) is 6.61 Å². The number of nitrogens with one attached hydrogen (secondary N) is 1. The van der Waals surface area contributed by atoms with Crippen LogP contribution in [0.25, 0.3) is 0 Å². The lowest BCUT2D eigenvalue weighted by Crippen LogP contribution is -2.23. The second-order valence-electron chi connectivity index (χ2n) is 5.34. The van der Waals surface area contributed by atoms with Crippen LogP contribution in [0.5, 0.6) is 11.5 Å². The van der Waals surface area contributed by atoms with Crippen LogP contribution in [0.2, 0.25) is 0 Å². The number of hydrogen-bond acceptors (Lipinski definition) is 5. The van der Waals surface area contributed by atoms with Gasteiger partial charge in [0.25, 0.3) is 5.91 Å². The number of carbonyl (C=O) groups is 2. The standard InChI is InChI=1S/C19H20BrNO5/c1-3-24-16-6-4-5-7-17(16)25-12-19(23)26-11-18(22)21-14-8-9-15(20)13(2)10-14/h4-10H,3,11-12H2,1-2H3,(H,21,22). The number of carbonyl (C=O) groups excluding carboxylic acids is 2. The predicted molar refractivity (Wildman–Crippen MR) is 102 cm³/mol. The highest BCUT2D eigenvalue weighted by molar-refractivity contribution is 9.10. The van der Waals surface area contributed by atoms with Gasteiger partial charge in [-0.2, -0.15) is 0 Å². The Balaban J connectivity index is 1.78. The topological polar surface area (TPSA) is 73.9 Å². The molecular weight excluding hydrogens is 402 g/mol. The molecule has 0 aliphatic heterocycles. The Bertz CT molecular complexity index is 778. The summed E-state index contributed by atoms with van der Waals surface area (Å²) in [6.07, 6.45) is 0.